The third-order valence-electron chi connectivity index (χ3n) is 14.9. The second-order valence-electron chi connectivity index (χ2n) is 21.9. The van der Waals surface area contributed by atoms with Gasteiger partial charge in [0.05, 0.1) is 6.61 Å². The molecule has 68 heavy (non-hydrogen) atoms. The quantitative estimate of drug-likeness (QED) is 0.0486. The summed E-state index contributed by atoms with van der Waals surface area (Å²) in [6.07, 6.45) is 74.2. The van der Waals surface area contributed by atoms with Crippen molar-refractivity contribution in [3.05, 3.63) is 0 Å². The fraction of sp³-hybridized carbons (Fsp3) is 0.968. The maximum absolute atomic E-state index is 12.3. The van der Waals surface area contributed by atoms with E-state index >= 15 is 0 Å². The Morgan fingerprint density at radius 2 is 0.456 bits per heavy atom. The molecule has 0 saturated carbocycles. The monoisotopic (exact) mass is 961 g/mol. The van der Waals surface area contributed by atoms with Crippen LogP contribution in [0.25, 0.3) is 0 Å². The molecule has 0 saturated heterocycles. The number of carbonyl (C=O) groups excluding carboxylic acids is 2. The van der Waals surface area contributed by atoms with Crippen molar-refractivity contribution < 1.29 is 24.2 Å². The zero-order valence-electron chi connectivity index (χ0n) is 46.7. The summed E-state index contributed by atoms with van der Waals surface area (Å²) >= 11 is 0. The molecule has 0 bridgehead atoms. The van der Waals surface area contributed by atoms with Gasteiger partial charge in [-0.05, 0) is 12.8 Å². The molecule has 0 fully saturated rings. The highest BCUT2D eigenvalue weighted by atomic mass is 16.6. The predicted octanol–water partition coefficient (Wildman–Crippen LogP) is 21.3. The van der Waals surface area contributed by atoms with Crippen molar-refractivity contribution in [2.75, 3.05) is 13.2 Å². The van der Waals surface area contributed by atoms with E-state index in [1.165, 1.54) is 315 Å². The van der Waals surface area contributed by atoms with Crippen LogP contribution < -0.4 is 0 Å². The Balaban J connectivity index is 3.31. The molecule has 0 heterocycles. The van der Waals surface area contributed by atoms with Crippen LogP contribution in [0.2, 0.25) is 0 Å². The van der Waals surface area contributed by atoms with E-state index in [-0.39, 0.29) is 25.2 Å². The van der Waals surface area contributed by atoms with Gasteiger partial charge < -0.3 is 14.6 Å². The van der Waals surface area contributed by atoms with Crippen LogP contribution in [0.5, 0.6) is 0 Å². The molecule has 1 N–H and O–H groups in total. The van der Waals surface area contributed by atoms with Gasteiger partial charge in [-0.15, -0.1) is 0 Å². The van der Waals surface area contributed by atoms with Crippen molar-refractivity contribution in [1.29, 1.82) is 0 Å². The van der Waals surface area contributed by atoms with Crippen LogP contribution in [0.1, 0.15) is 373 Å². The molecule has 0 aromatic heterocycles. The van der Waals surface area contributed by atoms with Gasteiger partial charge in [0, 0.05) is 12.8 Å². The summed E-state index contributed by atoms with van der Waals surface area (Å²) in [6.45, 7) is 4.20. The maximum Gasteiger partial charge on any atom is 0.306 e. The molecule has 1 unspecified atom stereocenters. The average molecular weight is 962 g/mol. The minimum atomic E-state index is -0.764. The van der Waals surface area contributed by atoms with Crippen molar-refractivity contribution in [1.82, 2.24) is 0 Å². The summed E-state index contributed by atoms with van der Waals surface area (Å²) in [7, 11) is 0. The third kappa shape index (κ3) is 57.5. The molecule has 5 nitrogen and oxygen atoms in total. The standard InChI is InChI=1S/C63H124O5/c1-3-5-7-9-11-13-15-17-19-20-21-22-23-24-25-26-27-28-29-30-31-32-33-34-35-36-37-38-39-40-41-42-44-46-48-50-52-54-56-58-63(66)68-61(59-64)60-67-62(65)57-55-53-51-49-47-45-43-18-16-14-12-10-8-6-4-2/h61,64H,3-60H2,1-2H3. The summed E-state index contributed by atoms with van der Waals surface area (Å²) in [5.41, 5.74) is 0. The Bertz CT molecular complexity index is 952. The molecule has 0 rings (SSSR count). The lowest BCUT2D eigenvalue weighted by molar-refractivity contribution is -0.161. The van der Waals surface area contributed by atoms with Gasteiger partial charge in [0.15, 0.2) is 6.10 Å². The summed E-state index contributed by atoms with van der Waals surface area (Å²) in [4.78, 5) is 24.5. The number of rotatable bonds is 60. The average Bonchev–Trinajstić information content (AvgIpc) is 3.34. The maximum atomic E-state index is 12.3. The van der Waals surface area contributed by atoms with Crippen LogP contribution in [0.3, 0.4) is 0 Å². The topological polar surface area (TPSA) is 72.8 Å². The molecule has 0 spiro atoms. The highest BCUT2D eigenvalue weighted by Crippen LogP contribution is 2.19. The number of hydrogen-bond donors (Lipinski definition) is 1. The lowest BCUT2D eigenvalue weighted by Crippen LogP contribution is -2.28. The highest BCUT2D eigenvalue weighted by Gasteiger charge is 2.16. The second kappa shape index (κ2) is 60.2. The molecule has 0 aliphatic heterocycles. The number of unbranched alkanes of at least 4 members (excludes halogenated alkanes) is 52. The van der Waals surface area contributed by atoms with E-state index in [4.69, 9.17) is 9.47 Å². The summed E-state index contributed by atoms with van der Waals surface area (Å²) in [5.74, 6) is -0.565. The number of aliphatic hydroxyl groups is 1. The lowest BCUT2D eigenvalue weighted by atomic mass is 10.0. The lowest BCUT2D eigenvalue weighted by Gasteiger charge is -2.15. The fourth-order valence-corrected chi connectivity index (χ4v) is 10.2. The predicted molar refractivity (Wildman–Crippen MR) is 298 cm³/mol. The zero-order valence-corrected chi connectivity index (χ0v) is 46.7. The number of esters is 2. The van der Waals surface area contributed by atoms with Gasteiger partial charge in [-0.1, -0.05) is 348 Å². The zero-order chi connectivity index (χ0) is 49.2. The minimum Gasteiger partial charge on any atom is -0.462 e. The Kier molecular flexibility index (Phi) is 59.2. The molecule has 0 aliphatic rings. The normalized spacial score (nSPS) is 12.0. The first-order chi connectivity index (χ1) is 33.6. The minimum absolute atomic E-state index is 0.0560. The van der Waals surface area contributed by atoms with Crippen LogP contribution in [0.4, 0.5) is 0 Å². The molecule has 0 aromatic rings. The van der Waals surface area contributed by atoms with E-state index in [2.05, 4.69) is 13.8 Å². The van der Waals surface area contributed by atoms with Gasteiger partial charge in [-0.2, -0.15) is 0 Å². The third-order valence-corrected chi connectivity index (χ3v) is 14.9. The molecule has 0 radical (unpaired) electrons. The van der Waals surface area contributed by atoms with Crippen LogP contribution in [-0.2, 0) is 19.1 Å². The van der Waals surface area contributed by atoms with Gasteiger partial charge in [0.1, 0.15) is 6.61 Å². The Morgan fingerprint density at radius 1 is 0.279 bits per heavy atom. The Morgan fingerprint density at radius 3 is 0.647 bits per heavy atom. The summed E-state index contributed by atoms with van der Waals surface area (Å²) in [6, 6.07) is 0. The smallest absolute Gasteiger partial charge is 0.306 e. The van der Waals surface area contributed by atoms with Crippen molar-refractivity contribution >= 4 is 11.9 Å². The molecule has 0 aromatic carbocycles. The molecular weight excluding hydrogens is 837 g/mol. The number of ether oxygens (including phenoxy) is 2. The first-order valence-corrected chi connectivity index (χ1v) is 31.6. The van der Waals surface area contributed by atoms with Crippen molar-refractivity contribution in [3.8, 4) is 0 Å². The number of carbonyl (C=O) groups is 2. The van der Waals surface area contributed by atoms with E-state index in [0.29, 0.717) is 12.8 Å². The largest absolute Gasteiger partial charge is 0.462 e. The summed E-state index contributed by atoms with van der Waals surface area (Å²) in [5, 5.41) is 9.64. The molecular formula is C63H124O5. The first-order valence-electron chi connectivity index (χ1n) is 31.6. The highest BCUT2D eigenvalue weighted by molar-refractivity contribution is 5.70. The van der Waals surface area contributed by atoms with Crippen LogP contribution in [0, 0.1) is 0 Å². The molecule has 1 atom stereocenters. The van der Waals surface area contributed by atoms with E-state index in [0.717, 1.165) is 32.1 Å². The molecule has 406 valence electrons. The van der Waals surface area contributed by atoms with E-state index < -0.39 is 6.10 Å². The van der Waals surface area contributed by atoms with Crippen molar-refractivity contribution in [2.45, 2.75) is 380 Å². The van der Waals surface area contributed by atoms with Crippen LogP contribution in [0.15, 0.2) is 0 Å². The fourth-order valence-electron chi connectivity index (χ4n) is 10.2. The van der Waals surface area contributed by atoms with E-state index in [9.17, 15) is 14.7 Å². The van der Waals surface area contributed by atoms with Gasteiger partial charge in [0.25, 0.3) is 0 Å². The van der Waals surface area contributed by atoms with Crippen molar-refractivity contribution in [2.24, 2.45) is 0 Å². The number of hydrogen-bond acceptors (Lipinski definition) is 5. The summed E-state index contributed by atoms with van der Waals surface area (Å²) < 4.78 is 10.7. The Labute approximate surface area is 427 Å². The second-order valence-corrected chi connectivity index (χ2v) is 21.9. The van der Waals surface area contributed by atoms with Crippen molar-refractivity contribution in [3.63, 3.8) is 0 Å². The number of aliphatic hydroxyl groups excluding tert-OH is 1. The Hall–Kier alpha value is -1.10. The van der Waals surface area contributed by atoms with Gasteiger partial charge in [-0.3, -0.25) is 9.59 Å². The van der Waals surface area contributed by atoms with E-state index in [1.54, 1.807) is 0 Å². The van der Waals surface area contributed by atoms with Gasteiger partial charge in [-0.25, -0.2) is 0 Å². The van der Waals surface area contributed by atoms with Gasteiger partial charge in [0.2, 0.25) is 0 Å². The first kappa shape index (κ1) is 66.9. The van der Waals surface area contributed by atoms with Crippen LogP contribution >= 0.6 is 0 Å². The van der Waals surface area contributed by atoms with Gasteiger partial charge >= 0.3 is 11.9 Å². The molecule has 5 heteroatoms. The van der Waals surface area contributed by atoms with E-state index in [1.807, 2.05) is 0 Å². The SMILES string of the molecule is CCCCCCCCCCCCCCCCCCCCCCCCCCCCCCCCCCCCCCCCCC(=O)OC(CO)COC(=O)CCCCCCCCCCCCCCCCC. The molecule has 0 aliphatic carbocycles. The molecule has 0 amide bonds. The van der Waals surface area contributed by atoms with Crippen LogP contribution in [-0.4, -0.2) is 36.4 Å².